The van der Waals surface area contributed by atoms with E-state index in [2.05, 4.69) is 13.8 Å². The Labute approximate surface area is 218 Å². The zero-order chi connectivity index (χ0) is 26.2. The van der Waals surface area contributed by atoms with Crippen molar-refractivity contribution < 1.29 is 13.2 Å². The van der Waals surface area contributed by atoms with Crippen molar-refractivity contribution in [3.8, 4) is 22.3 Å². The highest BCUT2D eigenvalue weighted by molar-refractivity contribution is 5.74. The molecular formula is C34H33F3. The second kappa shape index (κ2) is 12.6. The van der Waals surface area contributed by atoms with E-state index in [1.807, 2.05) is 60.7 Å². The van der Waals surface area contributed by atoms with Crippen LogP contribution in [0, 0.1) is 17.5 Å². The summed E-state index contributed by atoms with van der Waals surface area (Å²) in [5.74, 6) is -1.88. The molecule has 0 aromatic heterocycles. The summed E-state index contributed by atoms with van der Waals surface area (Å²) in [5, 5.41) is 0. The van der Waals surface area contributed by atoms with Crippen LogP contribution in [-0.2, 0) is 12.8 Å². The highest BCUT2D eigenvalue weighted by Crippen LogP contribution is 2.28. The molecule has 4 aromatic rings. The van der Waals surface area contributed by atoms with Crippen molar-refractivity contribution >= 4 is 12.2 Å². The van der Waals surface area contributed by atoms with Crippen LogP contribution in [0.2, 0.25) is 0 Å². The van der Waals surface area contributed by atoms with Crippen LogP contribution in [0.5, 0.6) is 0 Å². The molecule has 0 aliphatic carbocycles. The molecule has 0 saturated heterocycles. The zero-order valence-corrected chi connectivity index (χ0v) is 21.5. The third-order valence-corrected chi connectivity index (χ3v) is 6.72. The van der Waals surface area contributed by atoms with E-state index >= 15 is 0 Å². The molecule has 0 spiro atoms. The molecule has 0 N–H and O–H groups in total. The standard InChI is InChI=1S/C34H33F3/c1-3-5-6-8-28-19-20-30(23-32(28)35)26-14-9-25(10-15-26)13-18-29-21-22-31(34(37)33(29)36)27-16-11-24(7-4-2)12-17-27/h9-23H,3-8H2,1-2H3/b18-13+. The van der Waals surface area contributed by atoms with Gasteiger partial charge in [0.1, 0.15) is 5.82 Å². The SMILES string of the molecule is CCCCCc1ccc(-c2ccc(/C=C/c3ccc(-c4ccc(CCC)cc4)c(F)c3F)cc2)cc1F. The Morgan fingerprint density at radius 1 is 0.595 bits per heavy atom. The number of aryl methyl sites for hydroxylation is 2. The van der Waals surface area contributed by atoms with Gasteiger partial charge in [-0.05, 0) is 58.7 Å². The lowest BCUT2D eigenvalue weighted by Gasteiger charge is -2.08. The van der Waals surface area contributed by atoms with Gasteiger partial charge in [-0.15, -0.1) is 0 Å². The second-order valence-corrected chi connectivity index (χ2v) is 9.50. The summed E-state index contributed by atoms with van der Waals surface area (Å²) in [5.41, 5.74) is 5.61. The van der Waals surface area contributed by atoms with E-state index in [1.54, 1.807) is 30.4 Å². The van der Waals surface area contributed by atoms with Crippen LogP contribution >= 0.6 is 0 Å². The quantitative estimate of drug-likeness (QED) is 0.151. The van der Waals surface area contributed by atoms with Crippen LogP contribution in [0.1, 0.15) is 61.8 Å². The van der Waals surface area contributed by atoms with Crippen LogP contribution < -0.4 is 0 Å². The van der Waals surface area contributed by atoms with Gasteiger partial charge in [0.25, 0.3) is 0 Å². The summed E-state index contributed by atoms with van der Waals surface area (Å²) < 4.78 is 44.2. The molecule has 0 heterocycles. The van der Waals surface area contributed by atoms with E-state index in [0.29, 0.717) is 5.56 Å². The molecule has 4 rings (SSSR count). The van der Waals surface area contributed by atoms with Crippen LogP contribution in [0.4, 0.5) is 13.2 Å². The van der Waals surface area contributed by atoms with Gasteiger partial charge in [-0.1, -0.05) is 118 Å². The van der Waals surface area contributed by atoms with Gasteiger partial charge in [-0.2, -0.15) is 0 Å². The predicted molar refractivity (Wildman–Crippen MR) is 150 cm³/mol. The van der Waals surface area contributed by atoms with Gasteiger partial charge in [-0.3, -0.25) is 0 Å². The van der Waals surface area contributed by atoms with Gasteiger partial charge in [0.05, 0.1) is 0 Å². The molecule has 0 bridgehead atoms. The maximum absolute atomic E-state index is 14.9. The minimum Gasteiger partial charge on any atom is -0.207 e. The summed E-state index contributed by atoms with van der Waals surface area (Å²) in [6, 6.07) is 23.8. The molecule has 0 nitrogen and oxygen atoms in total. The van der Waals surface area contributed by atoms with E-state index in [-0.39, 0.29) is 16.9 Å². The molecular weight excluding hydrogens is 465 g/mol. The Kier molecular flexibility index (Phi) is 9.00. The minimum absolute atomic E-state index is 0.171. The lowest BCUT2D eigenvalue weighted by atomic mass is 9.99. The van der Waals surface area contributed by atoms with Crippen molar-refractivity contribution in [2.75, 3.05) is 0 Å². The first-order valence-corrected chi connectivity index (χ1v) is 13.1. The third kappa shape index (κ3) is 6.60. The summed E-state index contributed by atoms with van der Waals surface area (Å²) in [7, 11) is 0. The Morgan fingerprint density at radius 3 is 1.97 bits per heavy atom. The molecule has 4 aromatic carbocycles. The van der Waals surface area contributed by atoms with E-state index in [9.17, 15) is 13.2 Å². The fourth-order valence-electron chi connectivity index (χ4n) is 4.52. The van der Waals surface area contributed by atoms with E-state index in [1.165, 1.54) is 5.56 Å². The van der Waals surface area contributed by atoms with Gasteiger partial charge >= 0.3 is 0 Å². The minimum atomic E-state index is -0.863. The molecule has 0 atom stereocenters. The second-order valence-electron chi connectivity index (χ2n) is 9.50. The molecule has 0 aliphatic rings. The normalized spacial score (nSPS) is 11.4. The predicted octanol–water partition coefficient (Wildman–Crippen LogP) is 10.3. The summed E-state index contributed by atoms with van der Waals surface area (Å²) in [6.45, 7) is 4.25. The third-order valence-electron chi connectivity index (χ3n) is 6.72. The number of unbranched alkanes of at least 4 members (excludes halogenated alkanes) is 2. The van der Waals surface area contributed by atoms with Crippen molar-refractivity contribution in [1.29, 1.82) is 0 Å². The van der Waals surface area contributed by atoms with E-state index in [0.717, 1.165) is 60.8 Å². The number of hydrogen-bond acceptors (Lipinski definition) is 0. The zero-order valence-electron chi connectivity index (χ0n) is 21.5. The first-order valence-electron chi connectivity index (χ1n) is 13.1. The molecule has 190 valence electrons. The summed E-state index contributed by atoms with van der Waals surface area (Å²) in [6.07, 6.45) is 9.29. The Hall–Kier alpha value is -3.59. The number of hydrogen-bond donors (Lipinski definition) is 0. The van der Waals surface area contributed by atoms with Crippen molar-refractivity contribution in [2.24, 2.45) is 0 Å². The van der Waals surface area contributed by atoms with Gasteiger partial charge in [0, 0.05) is 11.1 Å². The first kappa shape index (κ1) is 26.5. The molecule has 0 fully saturated rings. The fraction of sp³-hybridized carbons (Fsp3) is 0.235. The molecule has 0 amide bonds. The largest absolute Gasteiger partial charge is 0.207 e. The lowest BCUT2D eigenvalue weighted by molar-refractivity contribution is 0.509. The monoisotopic (exact) mass is 498 g/mol. The van der Waals surface area contributed by atoms with Crippen LogP contribution in [0.3, 0.4) is 0 Å². The topological polar surface area (TPSA) is 0 Å². The molecule has 0 unspecified atom stereocenters. The molecule has 0 saturated carbocycles. The average molecular weight is 499 g/mol. The summed E-state index contributed by atoms with van der Waals surface area (Å²) >= 11 is 0. The maximum Gasteiger partial charge on any atom is 0.167 e. The van der Waals surface area contributed by atoms with Crippen LogP contribution in [-0.4, -0.2) is 0 Å². The molecule has 0 aliphatic heterocycles. The molecule has 37 heavy (non-hydrogen) atoms. The lowest BCUT2D eigenvalue weighted by Crippen LogP contribution is -1.94. The number of halogens is 3. The average Bonchev–Trinajstić information content (AvgIpc) is 2.92. The number of benzene rings is 4. The van der Waals surface area contributed by atoms with Crippen molar-refractivity contribution in [3.05, 3.63) is 119 Å². The Bertz CT molecular complexity index is 1350. The highest BCUT2D eigenvalue weighted by atomic mass is 19.2. The van der Waals surface area contributed by atoms with E-state index in [4.69, 9.17) is 0 Å². The van der Waals surface area contributed by atoms with Gasteiger partial charge in [-0.25, -0.2) is 13.2 Å². The summed E-state index contributed by atoms with van der Waals surface area (Å²) in [4.78, 5) is 0. The van der Waals surface area contributed by atoms with Gasteiger partial charge in [0.2, 0.25) is 0 Å². The molecule has 0 radical (unpaired) electrons. The Morgan fingerprint density at radius 2 is 1.30 bits per heavy atom. The van der Waals surface area contributed by atoms with Gasteiger partial charge in [0.15, 0.2) is 11.6 Å². The Balaban J connectivity index is 1.47. The van der Waals surface area contributed by atoms with Crippen LogP contribution in [0.25, 0.3) is 34.4 Å². The molecule has 3 heteroatoms. The van der Waals surface area contributed by atoms with Crippen LogP contribution in [0.15, 0.2) is 78.9 Å². The maximum atomic E-state index is 14.9. The van der Waals surface area contributed by atoms with Crippen molar-refractivity contribution in [1.82, 2.24) is 0 Å². The number of rotatable bonds is 10. The fourth-order valence-corrected chi connectivity index (χ4v) is 4.52. The van der Waals surface area contributed by atoms with E-state index < -0.39 is 11.6 Å². The first-order chi connectivity index (χ1) is 18.0. The van der Waals surface area contributed by atoms with Gasteiger partial charge < -0.3 is 0 Å². The highest BCUT2D eigenvalue weighted by Gasteiger charge is 2.13. The smallest absolute Gasteiger partial charge is 0.167 e. The van der Waals surface area contributed by atoms with Crippen molar-refractivity contribution in [2.45, 2.75) is 52.4 Å². The van der Waals surface area contributed by atoms with Crippen molar-refractivity contribution in [3.63, 3.8) is 0 Å².